The zero-order chi connectivity index (χ0) is 16.9. The molecule has 24 heavy (non-hydrogen) atoms. The number of nitrogens with two attached hydrogens (primary N) is 1. The second-order valence-electron chi connectivity index (χ2n) is 5.07. The van der Waals surface area contributed by atoms with Crippen molar-refractivity contribution in [3.63, 3.8) is 0 Å². The van der Waals surface area contributed by atoms with Crippen LogP contribution in [-0.4, -0.2) is 22.4 Å². The Bertz CT molecular complexity index is 837. The van der Waals surface area contributed by atoms with Crippen molar-refractivity contribution >= 4 is 34.0 Å². The standard InChI is InChI=1S/C17H15ClN4OS/c18-14-4-2-1-3-12(14)13(9-19)16(23)22-17-21-15(10-24-17)11-5-7-20-8-6-11/h1-8,10,13H,9,19H2,(H,21,22,23). The summed E-state index contributed by atoms with van der Waals surface area (Å²) in [5, 5.41) is 5.76. The van der Waals surface area contributed by atoms with Crippen LogP contribution >= 0.6 is 22.9 Å². The van der Waals surface area contributed by atoms with Gasteiger partial charge in [-0.2, -0.15) is 0 Å². The Labute approximate surface area is 148 Å². The number of thiazole rings is 1. The molecule has 0 fully saturated rings. The average molecular weight is 359 g/mol. The topological polar surface area (TPSA) is 80.9 Å². The number of anilines is 1. The van der Waals surface area contributed by atoms with Gasteiger partial charge in [0, 0.05) is 34.9 Å². The normalized spacial score (nSPS) is 11.9. The Kier molecular flexibility index (Phi) is 5.20. The fourth-order valence-electron chi connectivity index (χ4n) is 2.31. The molecule has 3 N–H and O–H groups in total. The molecule has 0 radical (unpaired) electrons. The summed E-state index contributed by atoms with van der Waals surface area (Å²) in [7, 11) is 0. The monoisotopic (exact) mass is 358 g/mol. The second kappa shape index (κ2) is 7.53. The van der Waals surface area contributed by atoms with E-state index in [-0.39, 0.29) is 12.5 Å². The van der Waals surface area contributed by atoms with Gasteiger partial charge in [-0.05, 0) is 23.8 Å². The van der Waals surface area contributed by atoms with Crippen LogP contribution in [0.15, 0.2) is 54.2 Å². The number of benzene rings is 1. The van der Waals surface area contributed by atoms with E-state index < -0.39 is 5.92 Å². The number of pyridine rings is 1. The van der Waals surface area contributed by atoms with Gasteiger partial charge in [-0.15, -0.1) is 11.3 Å². The number of amides is 1. The zero-order valence-electron chi connectivity index (χ0n) is 12.6. The molecule has 0 aliphatic heterocycles. The van der Waals surface area contributed by atoms with Gasteiger partial charge in [0.2, 0.25) is 5.91 Å². The van der Waals surface area contributed by atoms with Gasteiger partial charge < -0.3 is 11.1 Å². The van der Waals surface area contributed by atoms with Crippen molar-refractivity contribution in [3.8, 4) is 11.3 Å². The number of nitrogens with zero attached hydrogens (tertiary/aromatic N) is 2. The first-order valence-electron chi connectivity index (χ1n) is 7.30. The number of carbonyl (C=O) groups is 1. The van der Waals surface area contributed by atoms with E-state index in [2.05, 4.69) is 15.3 Å². The quantitative estimate of drug-likeness (QED) is 0.731. The number of halogens is 1. The maximum atomic E-state index is 12.5. The molecule has 2 heterocycles. The highest BCUT2D eigenvalue weighted by Crippen LogP contribution is 2.27. The third-order valence-corrected chi connectivity index (χ3v) is 4.65. The Balaban J connectivity index is 1.77. The van der Waals surface area contributed by atoms with Crippen molar-refractivity contribution < 1.29 is 4.79 Å². The number of hydrogen-bond acceptors (Lipinski definition) is 5. The zero-order valence-corrected chi connectivity index (χ0v) is 14.2. The minimum Gasteiger partial charge on any atom is -0.329 e. The summed E-state index contributed by atoms with van der Waals surface area (Å²) in [6.45, 7) is 0.165. The Morgan fingerprint density at radius 1 is 1.25 bits per heavy atom. The van der Waals surface area contributed by atoms with E-state index in [0.717, 1.165) is 11.3 Å². The van der Waals surface area contributed by atoms with Gasteiger partial charge >= 0.3 is 0 Å². The molecular formula is C17H15ClN4OS. The summed E-state index contributed by atoms with van der Waals surface area (Å²) < 4.78 is 0. The third kappa shape index (κ3) is 3.62. The predicted molar refractivity (Wildman–Crippen MR) is 97.2 cm³/mol. The van der Waals surface area contributed by atoms with E-state index >= 15 is 0 Å². The summed E-state index contributed by atoms with van der Waals surface area (Å²) in [4.78, 5) is 21.0. The molecule has 122 valence electrons. The molecule has 2 aromatic heterocycles. The summed E-state index contributed by atoms with van der Waals surface area (Å²) in [5.74, 6) is -0.742. The molecule has 5 nitrogen and oxygen atoms in total. The number of aromatic nitrogens is 2. The minimum atomic E-state index is -0.521. The van der Waals surface area contributed by atoms with Crippen LogP contribution in [0, 0.1) is 0 Å². The van der Waals surface area contributed by atoms with Gasteiger partial charge in [0.15, 0.2) is 5.13 Å². The number of hydrogen-bond donors (Lipinski definition) is 2. The largest absolute Gasteiger partial charge is 0.329 e. The fraction of sp³-hybridized carbons (Fsp3) is 0.118. The molecule has 0 spiro atoms. The molecular weight excluding hydrogens is 344 g/mol. The smallest absolute Gasteiger partial charge is 0.235 e. The van der Waals surface area contributed by atoms with Crippen LogP contribution in [0.3, 0.4) is 0 Å². The molecule has 1 atom stereocenters. The maximum absolute atomic E-state index is 12.5. The molecule has 1 aromatic carbocycles. The van der Waals surface area contributed by atoms with Gasteiger partial charge in [-0.1, -0.05) is 29.8 Å². The van der Waals surface area contributed by atoms with Crippen LogP contribution in [0.2, 0.25) is 5.02 Å². The lowest BCUT2D eigenvalue weighted by Gasteiger charge is -2.15. The third-order valence-electron chi connectivity index (χ3n) is 3.54. The molecule has 0 saturated heterocycles. The van der Waals surface area contributed by atoms with Crippen molar-refractivity contribution in [2.24, 2.45) is 5.73 Å². The summed E-state index contributed by atoms with van der Waals surface area (Å²) in [6.07, 6.45) is 3.41. The highest BCUT2D eigenvalue weighted by Gasteiger charge is 2.22. The van der Waals surface area contributed by atoms with Crippen LogP contribution in [0.4, 0.5) is 5.13 Å². The van der Waals surface area contributed by atoms with Gasteiger partial charge in [0.05, 0.1) is 11.6 Å². The van der Waals surface area contributed by atoms with E-state index in [1.807, 2.05) is 35.7 Å². The van der Waals surface area contributed by atoms with Crippen molar-refractivity contribution in [1.82, 2.24) is 9.97 Å². The molecule has 1 unspecified atom stereocenters. The molecule has 3 aromatic rings. The van der Waals surface area contributed by atoms with E-state index in [0.29, 0.717) is 15.7 Å². The van der Waals surface area contributed by atoms with Crippen LogP contribution < -0.4 is 11.1 Å². The van der Waals surface area contributed by atoms with Crippen molar-refractivity contribution in [2.45, 2.75) is 5.92 Å². The molecule has 3 rings (SSSR count). The first-order valence-corrected chi connectivity index (χ1v) is 8.56. The number of nitrogens with one attached hydrogen (secondary N) is 1. The second-order valence-corrected chi connectivity index (χ2v) is 6.34. The van der Waals surface area contributed by atoms with E-state index in [1.165, 1.54) is 11.3 Å². The first kappa shape index (κ1) is 16.6. The lowest BCUT2D eigenvalue weighted by Crippen LogP contribution is -2.27. The predicted octanol–water partition coefficient (Wildman–Crippen LogP) is 3.54. The lowest BCUT2D eigenvalue weighted by atomic mass is 9.98. The Hall–Kier alpha value is -2.28. The molecule has 0 saturated carbocycles. The van der Waals surface area contributed by atoms with Crippen LogP contribution in [0.25, 0.3) is 11.3 Å². The first-order chi connectivity index (χ1) is 11.7. The molecule has 0 bridgehead atoms. The van der Waals surface area contributed by atoms with Gasteiger partial charge in [0.25, 0.3) is 0 Å². The van der Waals surface area contributed by atoms with Crippen LogP contribution in [0.1, 0.15) is 11.5 Å². The summed E-state index contributed by atoms with van der Waals surface area (Å²) >= 11 is 7.54. The van der Waals surface area contributed by atoms with E-state index in [9.17, 15) is 4.79 Å². The number of carbonyl (C=O) groups excluding carboxylic acids is 1. The van der Waals surface area contributed by atoms with E-state index in [1.54, 1.807) is 18.5 Å². The summed E-state index contributed by atoms with van der Waals surface area (Å²) in [5.41, 5.74) is 8.23. The van der Waals surface area contributed by atoms with Gasteiger partial charge in [-0.25, -0.2) is 4.98 Å². The number of rotatable bonds is 5. The van der Waals surface area contributed by atoms with E-state index in [4.69, 9.17) is 17.3 Å². The van der Waals surface area contributed by atoms with Crippen molar-refractivity contribution in [1.29, 1.82) is 0 Å². The molecule has 0 aliphatic carbocycles. The molecule has 0 aliphatic rings. The highest BCUT2D eigenvalue weighted by molar-refractivity contribution is 7.14. The van der Waals surface area contributed by atoms with Crippen molar-refractivity contribution in [3.05, 3.63) is 64.8 Å². The highest BCUT2D eigenvalue weighted by atomic mass is 35.5. The minimum absolute atomic E-state index is 0.165. The van der Waals surface area contributed by atoms with Crippen molar-refractivity contribution in [2.75, 3.05) is 11.9 Å². The maximum Gasteiger partial charge on any atom is 0.235 e. The van der Waals surface area contributed by atoms with Crippen LogP contribution in [0.5, 0.6) is 0 Å². The van der Waals surface area contributed by atoms with Gasteiger partial charge in [0.1, 0.15) is 0 Å². The Morgan fingerprint density at radius 2 is 2.00 bits per heavy atom. The Morgan fingerprint density at radius 3 is 2.71 bits per heavy atom. The molecule has 7 heteroatoms. The van der Waals surface area contributed by atoms with Gasteiger partial charge in [-0.3, -0.25) is 9.78 Å². The summed E-state index contributed by atoms with van der Waals surface area (Å²) in [6, 6.07) is 10.9. The average Bonchev–Trinajstić information content (AvgIpc) is 3.06. The fourth-order valence-corrected chi connectivity index (χ4v) is 3.30. The molecule has 1 amide bonds. The van der Waals surface area contributed by atoms with Crippen LogP contribution in [-0.2, 0) is 4.79 Å². The SMILES string of the molecule is NCC(C(=O)Nc1nc(-c2ccncc2)cs1)c1ccccc1Cl. The lowest BCUT2D eigenvalue weighted by molar-refractivity contribution is -0.117.